The Labute approximate surface area is 137 Å². The van der Waals surface area contributed by atoms with Crippen molar-refractivity contribution < 1.29 is 17.9 Å². The Hall–Kier alpha value is -0.790. The molecule has 0 aromatic heterocycles. The van der Waals surface area contributed by atoms with Crippen molar-refractivity contribution in [2.45, 2.75) is 32.8 Å². The Morgan fingerprint density at radius 3 is 2.36 bits per heavy atom. The van der Waals surface area contributed by atoms with E-state index in [-0.39, 0.29) is 5.75 Å². The van der Waals surface area contributed by atoms with Crippen LogP contribution in [-0.2, 0) is 6.54 Å². The third-order valence-electron chi connectivity index (χ3n) is 3.79. The number of hydrogen-bond acceptors (Lipinski definition) is 3. The molecule has 0 aliphatic carbocycles. The van der Waals surface area contributed by atoms with Gasteiger partial charge in [-0.1, -0.05) is 22.0 Å². The van der Waals surface area contributed by atoms with Crippen LogP contribution < -0.4 is 4.74 Å². The van der Waals surface area contributed by atoms with Gasteiger partial charge in [0.15, 0.2) is 0 Å². The van der Waals surface area contributed by atoms with Crippen LogP contribution in [0.1, 0.15) is 19.4 Å². The lowest BCUT2D eigenvalue weighted by Crippen LogP contribution is -2.48. The Morgan fingerprint density at radius 1 is 1.18 bits per heavy atom. The molecule has 1 aliphatic heterocycles. The van der Waals surface area contributed by atoms with Gasteiger partial charge in [-0.2, -0.15) is 0 Å². The summed E-state index contributed by atoms with van der Waals surface area (Å²) in [7, 11) is 0. The molecular weight excluding hydrogens is 361 g/mol. The first-order chi connectivity index (χ1) is 10.2. The molecule has 3 nitrogen and oxygen atoms in total. The van der Waals surface area contributed by atoms with E-state index in [1.54, 1.807) is 12.1 Å². The van der Waals surface area contributed by atoms with E-state index >= 15 is 0 Å². The van der Waals surface area contributed by atoms with Crippen LogP contribution in [0.5, 0.6) is 5.75 Å². The molecule has 1 saturated heterocycles. The molecule has 0 radical (unpaired) electrons. The molecule has 1 aromatic carbocycles. The van der Waals surface area contributed by atoms with Crippen LogP contribution in [-0.4, -0.2) is 48.4 Å². The van der Waals surface area contributed by atoms with Gasteiger partial charge >= 0.3 is 6.36 Å². The van der Waals surface area contributed by atoms with E-state index in [4.69, 9.17) is 0 Å². The van der Waals surface area contributed by atoms with Crippen LogP contribution in [0.15, 0.2) is 22.7 Å². The van der Waals surface area contributed by atoms with Gasteiger partial charge < -0.3 is 4.74 Å². The van der Waals surface area contributed by atoms with Crippen LogP contribution in [0.2, 0.25) is 0 Å². The highest BCUT2D eigenvalue weighted by Gasteiger charge is 2.32. The van der Waals surface area contributed by atoms with Crippen LogP contribution in [0.25, 0.3) is 0 Å². The van der Waals surface area contributed by atoms with Gasteiger partial charge in [0.05, 0.1) is 0 Å². The normalized spacial score (nSPS) is 18.0. The number of hydrogen-bond donors (Lipinski definition) is 0. The average molecular weight is 381 g/mol. The van der Waals surface area contributed by atoms with Crippen LogP contribution >= 0.6 is 15.9 Å². The van der Waals surface area contributed by atoms with E-state index in [9.17, 15) is 13.2 Å². The molecule has 1 aromatic rings. The van der Waals surface area contributed by atoms with E-state index in [1.807, 2.05) is 0 Å². The van der Waals surface area contributed by atoms with Gasteiger partial charge in [-0.05, 0) is 26.0 Å². The molecule has 2 rings (SSSR count). The van der Waals surface area contributed by atoms with Gasteiger partial charge in [0.25, 0.3) is 0 Å². The minimum absolute atomic E-state index is 0.131. The van der Waals surface area contributed by atoms with Crippen molar-refractivity contribution in [3.8, 4) is 5.75 Å². The summed E-state index contributed by atoms with van der Waals surface area (Å²) >= 11 is 3.19. The predicted molar refractivity (Wildman–Crippen MR) is 82.8 cm³/mol. The number of piperazine rings is 1. The summed E-state index contributed by atoms with van der Waals surface area (Å²) < 4.78 is 42.3. The zero-order chi connectivity index (χ0) is 16.3. The van der Waals surface area contributed by atoms with Gasteiger partial charge in [-0.3, -0.25) is 9.80 Å². The first-order valence-corrected chi connectivity index (χ1v) is 8.04. The van der Waals surface area contributed by atoms with Crippen molar-refractivity contribution in [2.75, 3.05) is 26.2 Å². The molecule has 0 unspecified atom stereocenters. The second kappa shape index (κ2) is 7.19. The van der Waals surface area contributed by atoms with Crippen molar-refractivity contribution >= 4 is 15.9 Å². The summed E-state index contributed by atoms with van der Waals surface area (Å²) in [5.41, 5.74) is 0.554. The average Bonchev–Trinajstić information content (AvgIpc) is 2.41. The van der Waals surface area contributed by atoms with E-state index in [0.717, 1.165) is 26.2 Å². The van der Waals surface area contributed by atoms with Crippen molar-refractivity contribution in [3.05, 3.63) is 28.2 Å². The van der Waals surface area contributed by atoms with Crippen LogP contribution in [0.3, 0.4) is 0 Å². The molecule has 0 atom stereocenters. The molecule has 0 amide bonds. The third kappa shape index (κ3) is 5.14. The Bertz CT molecular complexity index is 500. The predicted octanol–water partition coefficient (Wildman–Crippen LogP) is 3.87. The lowest BCUT2D eigenvalue weighted by atomic mass is 10.1. The molecule has 0 bridgehead atoms. The fourth-order valence-electron chi connectivity index (χ4n) is 2.56. The van der Waals surface area contributed by atoms with Gasteiger partial charge in [0.1, 0.15) is 5.75 Å². The maximum Gasteiger partial charge on any atom is 0.573 e. The zero-order valence-corrected chi connectivity index (χ0v) is 14.2. The first-order valence-electron chi connectivity index (χ1n) is 7.25. The molecule has 1 aliphatic rings. The van der Waals surface area contributed by atoms with Crippen LogP contribution in [0, 0.1) is 0 Å². The van der Waals surface area contributed by atoms with E-state index < -0.39 is 6.36 Å². The van der Waals surface area contributed by atoms with E-state index in [2.05, 4.69) is 44.3 Å². The molecule has 22 heavy (non-hydrogen) atoms. The number of rotatable bonds is 4. The molecule has 1 fully saturated rings. The molecule has 1 heterocycles. The zero-order valence-electron chi connectivity index (χ0n) is 12.7. The summed E-state index contributed by atoms with van der Waals surface area (Å²) in [6.45, 7) is 8.33. The van der Waals surface area contributed by atoms with Crippen molar-refractivity contribution in [3.63, 3.8) is 0 Å². The van der Waals surface area contributed by atoms with Crippen LogP contribution in [0.4, 0.5) is 13.2 Å². The lowest BCUT2D eigenvalue weighted by Gasteiger charge is -2.37. The Morgan fingerprint density at radius 2 is 1.82 bits per heavy atom. The molecule has 7 heteroatoms. The molecule has 124 valence electrons. The summed E-state index contributed by atoms with van der Waals surface area (Å²) in [5.74, 6) is -0.131. The van der Waals surface area contributed by atoms with Crippen molar-refractivity contribution in [2.24, 2.45) is 0 Å². The minimum Gasteiger partial charge on any atom is -0.405 e. The lowest BCUT2D eigenvalue weighted by molar-refractivity contribution is -0.275. The van der Waals surface area contributed by atoms with E-state index in [1.165, 1.54) is 6.07 Å². The number of benzene rings is 1. The van der Waals surface area contributed by atoms with Crippen molar-refractivity contribution in [1.29, 1.82) is 0 Å². The second-order valence-electron chi connectivity index (χ2n) is 5.71. The number of halogens is 4. The summed E-state index contributed by atoms with van der Waals surface area (Å²) in [6.07, 6.45) is -4.67. The molecule has 0 spiro atoms. The number of ether oxygens (including phenoxy) is 1. The van der Waals surface area contributed by atoms with Gasteiger partial charge in [0.2, 0.25) is 0 Å². The first kappa shape index (κ1) is 17.6. The quantitative estimate of drug-likeness (QED) is 0.788. The molecular formula is C15H20BrF3N2O. The molecule has 0 saturated carbocycles. The fraction of sp³-hybridized carbons (Fsp3) is 0.600. The highest BCUT2D eigenvalue weighted by molar-refractivity contribution is 9.10. The second-order valence-corrected chi connectivity index (χ2v) is 6.62. The summed E-state index contributed by atoms with van der Waals surface area (Å²) in [6, 6.07) is 5.29. The maximum atomic E-state index is 12.5. The third-order valence-corrected chi connectivity index (χ3v) is 4.28. The summed E-state index contributed by atoms with van der Waals surface area (Å²) in [4.78, 5) is 4.52. The topological polar surface area (TPSA) is 15.7 Å². The SMILES string of the molecule is CC(C)N1CCN(Cc2ccc(Br)cc2OC(F)(F)F)CC1. The largest absolute Gasteiger partial charge is 0.573 e. The standard InChI is InChI=1S/C15H20BrF3N2O/c1-11(2)21-7-5-20(6-8-21)10-12-3-4-13(16)9-14(12)22-15(17,18)19/h3-4,9,11H,5-8,10H2,1-2H3. The van der Waals surface area contributed by atoms with Crippen molar-refractivity contribution in [1.82, 2.24) is 9.80 Å². The Balaban J connectivity index is 2.04. The number of alkyl halides is 3. The highest BCUT2D eigenvalue weighted by atomic mass is 79.9. The fourth-order valence-corrected chi connectivity index (χ4v) is 2.90. The van der Waals surface area contributed by atoms with E-state index in [0.29, 0.717) is 22.6 Å². The van der Waals surface area contributed by atoms with Gasteiger partial charge in [0, 0.05) is 48.8 Å². The maximum absolute atomic E-state index is 12.5. The number of nitrogens with zero attached hydrogens (tertiary/aromatic N) is 2. The summed E-state index contributed by atoms with van der Waals surface area (Å²) in [5, 5.41) is 0. The van der Waals surface area contributed by atoms with Gasteiger partial charge in [-0.25, -0.2) is 0 Å². The molecule has 0 N–H and O–H groups in total. The Kier molecular flexibility index (Phi) is 5.74. The van der Waals surface area contributed by atoms with Gasteiger partial charge in [-0.15, -0.1) is 13.2 Å². The smallest absolute Gasteiger partial charge is 0.405 e. The monoisotopic (exact) mass is 380 g/mol. The highest BCUT2D eigenvalue weighted by Crippen LogP contribution is 2.30. The minimum atomic E-state index is -4.67.